The molecule has 1 aliphatic rings. The maximum absolute atomic E-state index is 12.5. The second kappa shape index (κ2) is 9.04. The number of halogens is 2. The number of nitrogens with one attached hydrogen (secondary N) is 2. The van der Waals surface area contributed by atoms with E-state index in [9.17, 15) is 4.79 Å². The molecular weight excluding hydrogens is 405 g/mol. The molecule has 150 valence electrons. The quantitative estimate of drug-likeness (QED) is 0.541. The van der Waals surface area contributed by atoms with Crippen molar-refractivity contribution in [3.63, 3.8) is 0 Å². The summed E-state index contributed by atoms with van der Waals surface area (Å²) in [5.41, 5.74) is 1.98. The highest BCUT2D eigenvalue weighted by atomic mass is 35.5. The minimum atomic E-state index is -0.149. The van der Waals surface area contributed by atoms with Gasteiger partial charge in [0.15, 0.2) is 0 Å². The predicted molar refractivity (Wildman–Crippen MR) is 121 cm³/mol. The molecule has 0 atom stereocenters. The number of hydrogen-bond acceptors (Lipinski definition) is 2. The lowest BCUT2D eigenvalue weighted by molar-refractivity contribution is 0.190. The van der Waals surface area contributed by atoms with E-state index in [4.69, 9.17) is 23.2 Å². The van der Waals surface area contributed by atoms with Gasteiger partial charge in [-0.2, -0.15) is 0 Å². The SMILES string of the molecule is O=C(Nc1cccc2ccccc12)NC1CCN(Cc2ccc(Cl)c(Cl)c2)CC1. The van der Waals surface area contributed by atoms with Gasteiger partial charge in [0, 0.05) is 31.1 Å². The number of anilines is 1. The van der Waals surface area contributed by atoms with E-state index in [0.717, 1.165) is 54.5 Å². The molecule has 1 heterocycles. The van der Waals surface area contributed by atoms with E-state index < -0.39 is 0 Å². The van der Waals surface area contributed by atoms with Gasteiger partial charge in [-0.1, -0.05) is 65.7 Å². The van der Waals surface area contributed by atoms with Crippen molar-refractivity contribution < 1.29 is 4.79 Å². The monoisotopic (exact) mass is 427 g/mol. The zero-order valence-electron chi connectivity index (χ0n) is 16.0. The first-order valence-electron chi connectivity index (χ1n) is 9.80. The lowest BCUT2D eigenvalue weighted by atomic mass is 10.0. The summed E-state index contributed by atoms with van der Waals surface area (Å²) in [6.07, 6.45) is 1.84. The van der Waals surface area contributed by atoms with E-state index in [2.05, 4.69) is 15.5 Å². The summed E-state index contributed by atoms with van der Waals surface area (Å²) in [5.74, 6) is 0. The van der Waals surface area contributed by atoms with Crippen molar-refractivity contribution in [2.24, 2.45) is 0 Å². The van der Waals surface area contributed by atoms with Gasteiger partial charge in [-0.15, -0.1) is 0 Å². The van der Waals surface area contributed by atoms with Crippen LogP contribution < -0.4 is 10.6 Å². The highest BCUT2D eigenvalue weighted by Crippen LogP contribution is 2.25. The number of urea groups is 1. The Morgan fingerprint density at radius 2 is 1.72 bits per heavy atom. The predicted octanol–water partition coefficient (Wildman–Crippen LogP) is 5.93. The fourth-order valence-electron chi connectivity index (χ4n) is 3.81. The molecule has 0 radical (unpaired) electrons. The number of nitrogens with zero attached hydrogens (tertiary/aromatic N) is 1. The van der Waals surface area contributed by atoms with Crippen molar-refractivity contribution in [3.05, 3.63) is 76.3 Å². The molecule has 4 rings (SSSR count). The Hall–Kier alpha value is -2.27. The topological polar surface area (TPSA) is 44.4 Å². The van der Waals surface area contributed by atoms with Gasteiger partial charge in [0.25, 0.3) is 0 Å². The van der Waals surface area contributed by atoms with E-state index in [-0.39, 0.29) is 12.1 Å². The Bertz CT molecular complexity index is 1010. The first-order valence-corrected chi connectivity index (χ1v) is 10.6. The van der Waals surface area contributed by atoms with E-state index in [0.29, 0.717) is 10.0 Å². The van der Waals surface area contributed by atoms with Gasteiger partial charge in [-0.05, 0) is 42.0 Å². The largest absolute Gasteiger partial charge is 0.335 e. The molecule has 29 heavy (non-hydrogen) atoms. The third-order valence-corrected chi connectivity index (χ3v) is 6.09. The van der Waals surface area contributed by atoms with Gasteiger partial charge in [-0.3, -0.25) is 4.90 Å². The van der Waals surface area contributed by atoms with Crippen molar-refractivity contribution >= 4 is 45.7 Å². The van der Waals surface area contributed by atoms with Crippen LogP contribution in [0.25, 0.3) is 10.8 Å². The number of amides is 2. The number of hydrogen-bond donors (Lipinski definition) is 2. The van der Waals surface area contributed by atoms with Crippen molar-refractivity contribution in [2.75, 3.05) is 18.4 Å². The minimum Gasteiger partial charge on any atom is -0.335 e. The molecule has 0 bridgehead atoms. The summed E-state index contributed by atoms with van der Waals surface area (Å²) in [5, 5.41) is 9.44. The summed E-state index contributed by atoms with van der Waals surface area (Å²) >= 11 is 12.1. The molecule has 4 nitrogen and oxygen atoms in total. The molecule has 0 spiro atoms. The highest BCUT2D eigenvalue weighted by molar-refractivity contribution is 6.42. The number of rotatable bonds is 4. The number of likely N-dealkylation sites (tertiary alicyclic amines) is 1. The molecule has 2 N–H and O–H groups in total. The van der Waals surface area contributed by atoms with Crippen molar-refractivity contribution in [2.45, 2.75) is 25.4 Å². The Labute approximate surface area is 180 Å². The normalized spacial score (nSPS) is 15.4. The Kier molecular flexibility index (Phi) is 6.24. The van der Waals surface area contributed by atoms with Crippen molar-refractivity contribution in [1.29, 1.82) is 0 Å². The molecule has 0 saturated carbocycles. The molecule has 1 fully saturated rings. The zero-order valence-corrected chi connectivity index (χ0v) is 17.5. The molecule has 1 aliphatic heterocycles. The van der Waals surface area contributed by atoms with Gasteiger partial charge in [0.2, 0.25) is 0 Å². The molecule has 0 unspecified atom stereocenters. The van der Waals surface area contributed by atoms with Crippen LogP contribution in [0.3, 0.4) is 0 Å². The molecule has 1 saturated heterocycles. The first-order chi connectivity index (χ1) is 14.1. The average molecular weight is 428 g/mol. The lowest BCUT2D eigenvalue weighted by Gasteiger charge is -2.32. The van der Waals surface area contributed by atoms with Crippen LogP contribution in [0.4, 0.5) is 10.5 Å². The molecular formula is C23H23Cl2N3O. The molecule has 0 aliphatic carbocycles. The number of piperidine rings is 1. The maximum atomic E-state index is 12.5. The maximum Gasteiger partial charge on any atom is 0.319 e. The average Bonchev–Trinajstić information content (AvgIpc) is 2.72. The molecule has 2 amide bonds. The molecule has 0 aromatic heterocycles. The van der Waals surface area contributed by atoms with Gasteiger partial charge in [-0.25, -0.2) is 4.79 Å². The van der Waals surface area contributed by atoms with Crippen LogP contribution in [0.1, 0.15) is 18.4 Å². The van der Waals surface area contributed by atoms with Crippen molar-refractivity contribution in [3.8, 4) is 0 Å². The van der Waals surface area contributed by atoms with E-state index >= 15 is 0 Å². The van der Waals surface area contributed by atoms with E-state index in [1.165, 1.54) is 0 Å². The van der Waals surface area contributed by atoms with Crippen LogP contribution >= 0.6 is 23.2 Å². The lowest BCUT2D eigenvalue weighted by Crippen LogP contribution is -2.45. The Morgan fingerprint density at radius 1 is 0.966 bits per heavy atom. The zero-order chi connectivity index (χ0) is 20.2. The minimum absolute atomic E-state index is 0.149. The highest BCUT2D eigenvalue weighted by Gasteiger charge is 2.21. The fraction of sp³-hybridized carbons (Fsp3) is 0.261. The number of fused-ring (bicyclic) bond motifs is 1. The smallest absolute Gasteiger partial charge is 0.319 e. The van der Waals surface area contributed by atoms with Gasteiger partial charge in [0.05, 0.1) is 15.7 Å². The second-order valence-electron chi connectivity index (χ2n) is 7.42. The number of carbonyl (C=O) groups excluding carboxylic acids is 1. The van der Waals surface area contributed by atoms with Crippen molar-refractivity contribution in [1.82, 2.24) is 10.2 Å². The number of benzene rings is 3. The molecule has 3 aromatic rings. The molecule has 3 aromatic carbocycles. The summed E-state index contributed by atoms with van der Waals surface area (Å²) in [6.45, 7) is 2.70. The van der Waals surface area contributed by atoms with Gasteiger partial charge in [0.1, 0.15) is 0 Å². The summed E-state index contributed by atoms with van der Waals surface area (Å²) in [7, 11) is 0. The van der Waals surface area contributed by atoms with Crippen LogP contribution in [0, 0.1) is 0 Å². The van der Waals surface area contributed by atoms with Crippen LogP contribution in [-0.4, -0.2) is 30.1 Å². The fourth-order valence-corrected chi connectivity index (χ4v) is 4.13. The van der Waals surface area contributed by atoms with Gasteiger partial charge < -0.3 is 10.6 Å². The Morgan fingerprint density at radius 3 is 2.52 bits per heavy atom. The molecule has 6 heteroatoms. The first kappa shape index (κ1) is 20.0. The third kappa shape index (κ3) is 5.02. The summed E-state index contributed by atoms with van der Waals surface area (Å²) in [4.78, 5) is 14.9. The number of carbonyl (C=O) groups is 1. The van der Waals surface area contributed by atoms with E-state index in [1.54, 1.807) is 0 Å². The Balaban J connectivity index is 1.29. The summed E-state index contributed by atoms with van der Waals surface area (Å²) in [6, 6.07) is 19.8. The van der Waals surface area contributed by atoms with E-state index in [1.807, 2.05) is 60.7 Å². The second-order valence-corrected chi connectivity index (χ2v) is 8.24. The summed E-state index contributed by atoms with van der Waals surface area (Å²) < 4.78 is 0. The third-order valence-electron chi connectivity index (χ3n) is 5.35. The van der Waals surface area contributed by atoms with Crippen LogP contribution in [0.5, 0.6) is 0 Å². The van der Waals surface area contributed by atoms with Gasteiger partial charge >= 0.3 is 6.03 Å². The standard InChI is InChI=1S/C23H23Cl2N3O/c24-20-9-8-16(14-21(20)25)15-28-12-10-18(11-13-28)26-23(29)27-22-7-3-5-17-4-1-2-6-19(17)22/h1-9,14,18H,10-13,15H2,(H2,26,27,29). The van der Waals surface area contributed by atoms with Crippen LogP contribution in [0.2, 0.25) is 10.0 Å². The van der Waals surface area contributed by atoms with Crippen LogP contribution in [-0.2, 0) is 6.54 Å². The van der Waals surface area contributed by atoms with Crippen LogP contribution in [0.15, 0.2) is 60.7 Å².